The molecule has 8 heteroatoms. The fourth-order valence-electron chi connectivity index (χ4n) is 3.95. The number of sulfone groups is 1. The van der Waals surface area contributed by atoms with Crippen molar-refractivity contribution in [3.05, 3.63) is 53.2 Å². The molecule has 0 atom stereocenters. The third kappa shape index (κ3) is 2.26. The van der Waals surface area contributed by atoms with Gasteiger partial charge in [-0.2, -0.15) is 0 Å². The molecule has 2 aromatic carbocycles. The number of carbonyl (C=O) groups is 1. The highest BCUT2D eigenvalue weighted by Crippen LogP contribution is 2.45. The number of carbonyl (C=O) groups excluding carboxylic acids is 1. The van der Waals surface area contributed by atoms with Crippen LogP contribution in [0.4, 0.5) is 5.69 Å². The van der Waals surface area contributed by atoms with Crippen LogP contribution in [0.1, 0.15) is 16.8 Å². The van der Waals surface area contributed by atoms with Crippen LogP contribution in [0.25, 0.3) is 16.9 Å². The molecule has 3 aromatic rings. The van der Waals surface area contributed by atoms with Crippen molar-refractivity contribution in [2.45, 2.75) is 25.3 Å². The summed E-state index contributed by atoms with van der Waals surface area (Å²) < 4.78 is 26.8. The van der Waals surface area contributed by atoms with Gasteiger partial charge >= 0.3 is 0 Å². The van der Waals surface area contributed by atoms with Crippen LogP contribution in [0.15, 0.2) is 41.3 Å². The minimum atomic E-state index is -3.64. The first-order chi connectivity index (χ1) is 12.8. The van der Waals surface area contributed by atoms with E-state index in [1.54, 1.807) is 16.8 Å². The minimum absolute atomic E-state index is 0.193. The fourth-order valence-corrected chi connectivity index (χ4v) is 5.38. The van der Waals surface area contributed by atoms with Gasteiger partial charge in [0.15, 0.2) is 9.84 Å². The second-order valence-corrected chi connectivity index (χ2v) is 8.99. The maximum Gasteiger partial charge on any atom is 0.242 e. The van der Waals surface area contributed by atoms with Crippen molar-refractivity contribution in [3.8, 4) is 16.9 Å². The molecule has 1 aromatic heterocycles. The lowest BCUT2D eigenvalue weighted by Gasteiger charge is -2.33. The van der Waals surface area contributed by atoms with Gasteiger partial charge in [-0.15, -0.1) is 5.10 Å². The Labute approximate surface area is 156 Å². The molecule has 0 spiro atoms. The van der Waals surface area contributed by atoms with Gasteiger partial charge in [-0.3, -0.25) is 4.79 Å². The summed E-state index contributed by atoms with van der Waals surface area (Å²) in [5.74, 6) is -0.939. The van der Waals surface area contributed by atoms with Crippen LogP contribution >= 0.6 is 0 Å². The zero-order valence-corrected chi connectivity index (χ0v) is 15.6. The van der Waals surface area contributed by atoms with Gasteiger partial charge in [0.2, 0.25) is 5.91 Å². The van der Waals surface area contributed by atoms with Crippen LogP contribution < -0.4 is 4.90 Å². The van der Waals surface area contributed by atoms with E-state index in [0.717, 1.165) is 22.5 Å². The molecule has 1 amide bonds. The third-order valence-corrected chi connectivity index (χ3v) is 6.60. The molecule has 136 valence electrons. The fraction of sp³-hybridized carbons (Fsp3) is 0.211. The number of rotatable bonds is 1. The summed E-state index contributed by atoms with van der Waals surface area (Å²) in [4.78, 5) is 14.2. The molecule has 3 heterocycles. The maximum atomic E-state index is 12.5. The van der Waals surface area contributed by atoms with Crippen molar-refractivity contribution in [1.29, 1.82) is 0 Å². The Hall–Kier alpha value is -3.00. The Kier molecular flexibility index (Phi) is 3.16. The Morgan fingerprint density at radius 3 is 2.56 bits per heavy atom. The van der Waals surface area contributed by atoms with E-state index in [-0.39, 0.29) is 11.4 Å². The summed E-state index contributed by atoms with van der Waals surface area (Å²) in [5.41, 5.74) is 5.55. The highest BCUT2D eigenvalue weighted by Gasteiger charge is 2.41. The molecular weight excluding hydrogens is 364 g/mol. The van der Waals surface area contributed by atoms with Gasteiger partial charge < -0.3 is 4.90 Å². The van der Waals surface area contributed by atoms with E-state index < -0.39 is 21.5 Å². The van der Waals surface area contributed by atoms with Crippen molar-refractivity contribution >= 4 is 21.4 Å². The smallest absolute Gasteiger partial charge is 0.242 e. The lowest BCUT2D eigenvalue weighted by Crippen LogP contribution is -2.42. The number of aromatic nitrogens is 3. The number of fused-ring (bicyclic) bond motifs is 2. The highest BCUT2D eigenvalue weighted by molar-refractivity contribution is 7.92. The largest absolute Gasteiger partial charge is 0.303 e. The van der Waals surface area contributed by atoms with E-state index in [2.05, 4.69) is 16.4 Å². The number of para-hydroxylation sites is 1. The Bertz CT molecular complexity index is 1220. The predicted molar refractivity (Wildman–Crippen MR) is 99.5 cm³/mol. The van der Waals surface area contributed by atoms with Gasteiger partial charge in [0.25, 0.3) is 0 Å². The molecule has 0 N–H and O–H groups in total. The molecular formula is C19H16N4O3S. The number of hydrogen-bond acceptors (Lipinski definition) is 5. The zero-order valence-electron chi connectivity index (χ0n) is 14.8. The summed E-state index contributed by atoms with van der Waals surface area (Å²) in [7, 11) is -3.64. The molecule has 2 aliphatic heterocycles. The molecule has 0 aliphatic carbocycles. The van der Waals surface area contributed by atoms with Crippen molar-refractivity contribution in [2.75, 3.05) is 10.7 Å². The van der Waals surface area contributed by atoms with E-state index in [1.165, 1.54) is 4.90 Å². The van der Waals surface area contributed by atoms with Gasteiger partial charge in [0, 0.05) is 5.56 Å². The Morgan fingerprint density at radius 2 is 1.81 bits per heavy atom. The van der Waals surface area contributed by atoms with E-state index in [9.17, 15) is 13.2 Å². The van der Waals surface area contributed by atoms with Crippen LogP contribution in [-0.2, 0) is 21.2 Å². The van der Waals surface area contributed by atoms with Gasteiger partial charge in [0.05, 0.1) is 22.8 Å². The maximum absolute atomic E-state index is 12.5. The number of benzene rings is 2. The summed E-state index contributed by atoms with van der Waals surface area (Å²) in [6, 6.07) is 11.2. The normalized spacial score (nSPS) is 16.8. The van der Waals surface area contributed by atoms with Crippen LogP contribution in [-0.4, -0.2) is 35.1 Å². The monoisotopic (exact) mass is 380 g/mol. The van der Waals surface area contributed by atoms with Crippen LogP contribution in [0.2, 0.25) is 0 Å². The minimum Gasteiger partial charge on any atom is -0.303 e. The van der Waals surface area contributed by atoms with Crippen LogP contribution in [0.3, 0.4) is 0 Å². The number of amides is 1. The van der Waals surface area contributed by atoms with Crippen LogP contribution in [0, 0.1) is 13.8 Å². The van der Waals surface area contributed by atoms with Crippen molar-refractivity contribution in [3.63, 3.8) is 0 Å². The summed E-state index contributed by atoms with van der Waals surface area (Å²) in [6.07, 6.45) is 0. The topological polar surface area (TPSA) is 85.2 Å². The highest BCUT2D eigenvalue weighted by atomic mass is 32.2. The molecule has 0 radical (unpaired) electrons. The SMILES string of the molecule is Cc1cc(C)cc(-n2nnc3c2-c2cccc4c2N(C3)C(=O)CS4(=O)=O)c1. The first-order valence-electron chi connectivity index (χ1n) is 8.55. The Balaban J connectivity index is 1.82. The predicted octanol–water partition coefficient (Wildman–Crippen LogP) is 2.19. The molecule has 27 heavy (non-hydrogen) atoms. The van der Waals surface area contributed by atoms with E-state index in [1.807, 2.05) is 32.0 Å². The molecule has 0 fully saturated rings. The average molecular weight is 380 g/mol. The second-order valence-electron chi connectivity index (χ2n) is 7.03. The Morgan fingerprint density at radius 1 is 1.07 bits per heavy atom. The average Bonchev–Trinajstić information content (AvgIpc) is 3.02. The second kappa shape index (κ2) is 5.26. The zero-order chi connectivity index (χ0) is 18.9. The van der Waals surface area contributed by atoms with E-state index in [4.69, 9.17) is 0 Å². The molecule has 5 rings (SSSR count). The third-order valence-electron chi connectivity index (χ3n) is 4.97. The molecule has 0 saturated heterocycles. The summed E-state index contributed by atoms with van der Waals surface area (Å²) in [5, 5.41) is 8.59. The first kappa shape index (κ1) is 16.2. The molecule has 0 unspecified atom stereocenters. The number of hydrogen-bond donors (Lipinski definition) is 0. The number of anilines is 1. The van der Waals surface area contributed by atoms with Gasteiger partial charge in [-0.25, -0.2) is 13.1 Å². The molecule has 2 aliphatic rings. The number of aryl methyl sites for hydroxylation is 2. The summed E-state index contributed by atoms with van der Waals surface area (Å²) in [6.45, 7) is 4.24. The van der Waals surface area contributed by atoms with Gasteiger partial charge in [-0.05, 0) is 43.2 Å². The first-order valence-corrected chi connectivity index (χ1v) is 10.2. The van der Waals surface area contributed by atoms with Crippen molar-refractivity contribution < 1.29 is 13.2 Å². The van der Waals surface area contributed by atoms with E-state index in [0.29, 0.717) is 16.9 Å². The summed E-state index contributed by atoms with van der Waals surface area (Å²) >= 11 is 0. The number of nitrogens with zero attached hydrogens (tertiary/aromatic N) is 4. The standard InChI is InChI=1S/C19H16N4O3S/c1-11-6-12(2)8-13(7-11)23-18-14-4-3-5-16-19(14)22(9-15(18)20-21-23)17(24)10-27(16,25)26/h3-8H,9-10H2,1-2H3. The van der Waals surface area contributed by atoms with E-state index >= 15 is 0 Å². The molecule has 0 saturated carbocycles. The van der Waals surface area contributed by atoms with Crippen molar-refractivity contribution in [1.82, 2.24) is 15.0 Å². The lowest BCUT2D eigenvalue weighted by atomic mass is 10.0. The molecule has 0 bridgehead atoms. The van der Waals surface area contributed by atoms with Gasteiger partial charge in [-0.1, -0.05) is 23.4 Å². The van der Waals surface area contributed by atoms with Gasteiger partial charge in [0.1, 0.15) is 17.1 Å². The lowest BCUT2D eigenvalue weighted by molar-refractivity contribution is -0.116. The van der Waals surface area contributed by atoms with Crippen LogP contribution in [0.5, 0.6) is 0 Å². The van der Waals surface area contributed by atoms with Crippen molar-refractivity contribution in [2.24, 2.45) is 0 Å². The molecule has 7 nitrogen and oxygen atoms in total. The quantitative estimate of drug-likeness (QED) is 0.646.